The molecule has 0 heterocycles. The van der Waals surface area contributed by atoms with Crippen molar-refractivity contribution in [1.82, 2.24) is 4.90 Å². The van der Waals surface area contributed by atoms with Gasteiger partial charge in [0.2, 0.25) is 0 Å². The summed E-state index contributed by atoms with van der Waals surface area (Å²) in [6, 6.07) is 0. The van der Waals surface area contributed by atoms with Crippen LogP contribution in [0.15, 0.2) is 0 Å². The molecule has 0 radical (unpaired) electrons. The van der Waals surface area contributed by atoms with Gasteiger partial charge in [-0.05, 0) is 46.0 Å². The first kappa shape index (κ1) is 17.8. The molecule has 0 aromatic carbocycles. The van der Waals surface area contributed by atoms with Crippen LogP contribution in [0.4, 0.5) is 4.79 Å². The second-order valence-corrected chi connectivity index (χ2v) is 7.17. The molecule has 0 bridgehead atoms. The lowest BCUT2D eigenvalue weighted by atomic mass is 9.75. The highest BCUT2D eigenvalue weighted by Crippen LogP contribution is 2.38. The molecule has 2 unspecified atom stereocenters. The predicted octanol–water partition coefficient (Wildman–Crippen LogP) is 3.67. The summed E-state index contributed by atoms with van der Waals surface area (Å²) >= 11 is 0. The molecule has 1 N–H and O–H groups in total. The Morgan fingerprint density at radius 3 is 2.43 bits per heavy atom. The highest BCUT2D eigenvalue weighted by Gasteiger charge is 2.49. The van der Waals surface area contributed by atoms with E-state index in [0.717, 1.165) is 12.8 Å². The van der Waals surface area contributed by atoms with Gasteiger partial charge in [0.05, 0.1) is 0 Å². The van der Waals surface area contributed by atoms with Crippen molar-refractivity contribution in [3.8, 4) is 0 Å². The number of rotatable bonds is 4. The number of carboxylic acids is 1. The average Bonchev–Trinajstić information content (AvgIpc) is 2.33. The molecule has 1 rings (SSSR count). The number of nitrogens with zero attached hydrogens (tertiary/aromatic N) is 1. The van der Waals surface area contributed by atoms with Crippen molar-refractivity contribution in [3.63, 3.8) is 0 Å². The van der Waals surface area contributed by atoms with E-state index in [1.54, 1.807) is 20.8 Å². The predicted molar refractivity (Wildman–Crippen MR) is 81.2 cm³/mol. The van der Waals surface area contributed by atoms with E-state index in [-0.39, 0.29) is 0 Å². The van der Waals surface area contributed by atoms with Gasteiger partial charge in [0.1, 0.15) is 11.1 Å². The Morgan fingerprint density at radius 2 is 2.00 bits per heavy atom. The zero-order valence-corrected chi connectivity index (χ0v) is 13.9. The number of hydrogen-bond acceptors (Lipinski definition) is 3. The summed E-state index contributed by atoms with van der Waals surface area (Å²) in [6.45, 7) is 9.80. The summed E-state index contributed by atoms with van der Waals surface area (Å²) < 4.78 is 5.44. The SMILES string of the molecule is CCCN(C(=O)OC(C)(C)C)C1(C(=O)O)CCCC(C)C1. The van der Waals surface area contributed by atoms with Gasteiger partial charge in [-0.3, -0.25) is 4.90 Å². The smallest absolute Gasteiger partial charge is 0.411 e. The largest absolute Gasteiger partial charge is 0.479 e. The minimum Gasteiger partial charge on any atom is -0.479 e. The quantitative estimate of drug-likeness (QED) is 0.860. The molecule has 0 aromatic heterocycles. The first-order valence-corrected chi connectivity index (χ1v) is 7.86. The van der Waals surface area contributed by atoms with E-state index in [4.69, 9.17) is 4.74 Å². The summed E-state index contributed by atoms with van der Waals surface area (Å²) in [6.07, 6.45) is 3.05. The highest BCUT2D eigenvalue weighted by atomic mass is 16.6. The summed E-state index contributed by atoms with van der Waals surface area (Å²) in [5.41, 5.74) is -1.74. The number of ether oxygens (including phenoxy) is 1. The monoisotopic (exact) mass is 299 g/mol. The number of carbonyl (C=O) groups is 2. The Labute approximate surface area is 127 Å². The average molecular weight is 299 g/mol. The van der Waals surface area contributed by atoms with Crippen molar-refractivity contribution < 1.29 is 19.4 Å². The molecule has 1 fully saturated rings. The van der Waals surface area contributed by atoms with Gasteiger partial charge in [-0.25, -0.2) is 9.59 Å². The first-order chi connectivity index (χ1) is 9.62. The number of aliphatic carboxylic acids is 1. The van der Waals surface area contributed by atoms with E-state index in [1.165, 1.54) is 4.90 Å². The van der Waals surface area contributed by atoms with Gasteiger partial charge < -0.3 is 9.84 Å². The minimum atomic E-state index is -1.12. The van der Waals surface area contributed by atoms with Crippen LogP contribution in [0.2, 0.25) is 0 Å². The third-order valence-electron chi connectivity index (χ3n) is 3.95. The molecule has 5 nitrogen and oxygen atoms in total. The molecule has 21 heavy (non-hydrogen) atoms. The van der Waals surface area contributed by atoms with Gasteiger partial charge >= 0.3 is 12.1 Å². The molecule has 0 saturated heterocycles. The summed E-state index contributed by atoms with van der Waals surface area (Å²) in [5, 5.41) is 9.80. The van der Waals surface area contributed by atoms with Crippen molar-refractivity contribution >= 4 is 12.1 Å². The molecular formula is C16H29NO4. The molecule has 122 valence electrons. The van der Waals surface area contributed by atoms with Crippen LogP contribution in [-0.4, -0.2) is 39.8 Å². The van der Waals surface area contributed by atoms with Crippen molar-refractivity contribution in [3.05, 3.63) is 0 Å². The lowest BCUT2D eigenvalue weighted by molar-refractivity contribution is -0.155. The summed E-state index contributed by atoms with van der Waals surface area (Å²) in [7, 11) is 0. The van der Waals surface area contributed by atoms with Crippen molar-refractivity contribution in [1.29, 1.82) is 0 Å². The number of carbonyl (C=O) groups excluding carboxylic acids is 1. The van der Waals surface area contributed by atoms with Crippen LogP contribution >= 0.6 is 0 Å². The van der Waals surface area contributed by atoms with E-state index in [2.05, 4.69) is 6.92 Å². The molecule has 1 aliphatic rings. The molecule has 0 aliphatic heterocycles. The molecule has 0 spiro atoms. The molecule has 0 aromatic rings. The van der Waals surface area contributed by atoms with Crippen LogP contribution in [0, 0.1) is 5.92 Å². The third kappa shape index (κ3) is 4.35. The van der Waals surface area contributed by atoms with E-state index in [9.17, 15) is 14.7 Å². The Kier molecular flexibility index (Phi) is 5.65. The van der Waals surface area contributed by atoms with Crippen LogP contribution in [0.5, 0.6) is 0 Å². The van der Waals surface area contributed by atoms with Crippen molar-refractivity contribution in [2.75, 3.05) is 6.54 Å². The van der Waals surface area contributed by atoms with E-state index in [0.29, 0.717) is 31.7 Å². The van der Waals surface area contributed by atoms with Gasteiger partial charge in [-0.2, -0.15) is 0 Å². The van der Waals surface area contributed by atoms with Crippen LogP contribution in [0.3, 0.4) is 0 Å². The fourth-order valence-corrected chi connectivity index (χ4v) is 3.10. The van der Waals surface area contributed by atoms with Crippen LogP contribution in [-0.2, 0) is 9.53 Å². The summed E-state index contributed by atoms with van der Waals surface area (Å²) in [4.78, 5) is 25.9. The number of amides is 1. The fourth-order valence-electron chi connectivity index (χ4n) is 3.10. The third-order valence-corrected chi connectivity index (χ3v) is 3.95. The maximum Gasteiger partial charge on any atom is 0.411 e. The Bertz CT molecular complexity index is 388. The van der Waals surface area contributed by atoms with Crippen LogP contribution in [0.25, 0.3) is 0 Å². The fraction of sp³-hybridized carbons (Fsp3) is 0.875. The standard InChI is InChI=1S/C16H29NO4/c1-6-10-17(14(20)21-15(3,4)5)16(13(18)19)9-7-8-12(2)11-16/h12H,6-11H2,1-5H3,(H,18,19). The second-order valence-electron chi connectivity index (χ2n) is 7.17. The maximum absolute atomic E-state index is 12.5. The van der Waals surface area contributed by atoms with Crippen LogP contribution in [0.1, 0.15) is 66.7 Å². The maximum atomic E-state index is 12.5. The van der Waals surface area contributed by atoms with E-state index >= 15 is 0 Å². The Hall–Kier alpha value is -1.26. The molecule has 1 amide bonds. The molecule has 1 saturated carbocycles. The van der Waals surface area contributed by atoms with Crippen molar-refractivity contribution in [2.45, 2.75) is 77.9 Å². The normalized spacial score (nSPS) is 26.2. The lowest BCUT2D eigenvalue weighted by Crippen LogP contribution is -2.60. The zero-order chi connectivity index (χ0) is 16.3. The molecular weight excluding hydrogens is 270 g/mol. The highest BCUT2D eigenvalue weighted by molar-refractivity contribution is 5.84. The Balaban J connectivity index is 3.09. The van der Waals surface area contributed by atoms with Gasteiger partial charge in [0.25, 0.3) is 0 Å². The minimum absolute atomic E-state index is 0.302. The number of carboxylic acid groups (broad SMARTS) is 1. The summed E-state index contributed by atoms with van der Waals surface area (Å²) in [5.74, 6) is -0.606. The van der Waals surface area contributed by atoms with Crippen molar-refractivity contribution in [2.24, 2.45) is 5.92 Å². The van der Waals surface area contributed by atoms with E-state index < -0.39 is 23.2 Å². The second kappa shape index (κ2) is 6.67. The Morgan fingerprint density at radius 1 is 1.38 bits per heavy atom. The number of hydrogen-bond donors (Lipinski definition) is 1. The van der Waals surface area contributed by atoms with Gasteiger partial charge in [0.15, 0.2) is 0 Å². The van der Waals surface area contributed by atoms with Gasteiger partial charge in [-0.15, -0.1) is 0 Å². The molecule has 5 heteroatoms. The molecule has 2 atom stereocenters. The van der Waals surface area contributed by atoms with E-state index in [1.807, 2.05) is 6.92 Å². The lowest BCUT2D eigenvalue weighted by Gasteiger charge is -2.45. The zero-order valence-electron chi connectivity index (χ0n) is 13.9. The van der Waals surface area contributed by atoms with Gasteiger partial charge in [-0.1, -0.05) is 26.7 Å². The first-order valence-electron chi connectivity index (χ1n) is 7.86. The topological polar surface area (TPSA) is 66.8 Å². The molecule has 1 aliphatic carbocycles. The van der Waals surface area contributed by atoms with Gasteiger partial charge in [0, 0.05) is 6.54 Å². The van der Waals surface area contributed by atoms with Crippen LogP contribution < -0.4 is 0 Å².